The molecule has 0 radical (unpaired) electrons. The molecule has 0 atom stereocenters. The summed E-state index contributed by atoms with van der Waals surface area (Å²) in [6.07, 6.45) is 4.57. The fourth-order valence-electron chi connectivity index (χ4n) is 1.75. The van der Waals surface area contributed by atoms with Crippen molar-refractivity contribution in [1.82, 2.24) is 9.38 Å². The van der Waals surface area contributed by atoms with Gasteiger partial charge in [0.05, 0.1) is 4.92 Å². The standard InChI is InChI=1S/C12H6ClN3O3S2/c13-11-10(15-3-4-20-12(15)14-11)8(17)2-1-7-5-9(16(18)19)21-6-7/h1-6H/b2-1+. The second kappa shape index (κ2) is 5.40. The molecule has 0 fully saturated rings. The number of nitrogens with zero attached hydrogens (tertiary/aromatic N) is 3. The first-order chi connectivity index (χ1) is 10.1. The molecule has 3 aromatic rings. The predicted octanol–water partition coefficient (Wildman–Crippen LogP) is 3.92. The van der Waals surface area contributed by atoms with Crippen LogP contribution in [0.2, 0.25) is 5.15 Å². The summed E-state index contributed by atoms with van der Waals surface area (Å²) >= 11 is 8.35. The predicted molar refractivity (Wildman–Crippen MR) is 82.4 cm³/mol. The molecule has 0 aliphatic heterocycles. The topological polar surface area (TPSA) is 77.5 Å². The van der Waals surface area contributed by atoms with Crippen molar-refractivity contribution < 1.29 is 9.72 Å². The second-order valence-electron chi connectivity index (χ2n) is 3.98. The third kappa shape index (κ3) is 2.60. The number of fused-ring (bicyclic) bond motifs is 1. The average molecular weight is 340 g/mol. The highest BCUT2D eigenvalue weighted by Crippen LogP contribution is 2.25. The van der Waals surface area contributed by atoms with E-state index in [0.717, 1.165) is 11.3 Å². The molecule has 3 aromatic heterocycles. The van der Waals surface area contributed by atoms with E-state index < -0.39 is 4.92 Å². The van der Waals surface area contributed by atoms with Crippen LogP contribution in [-0.2, 0) is 0 Å². The van der Waals surface area contributed by atoms with Gasteiger partial charge in [0.2, 0.25) is 5.78 Å². The number of aromatic nitrogens is 2. The van der Waals surface area contributed by atoms with Crippen molar-refractivity contribution in [1.29, 1.82) is 0 Å². The molecule has 0 aliphatic rings. The Morgan fingerprint density at radius 1 is 1.48 bits per heavy atom. The Morgan fingerprint density at radius 3 is 3.00 bits per heavy atom. The van der Waals surface area contributed by atoms with Crippen molar-refractivity contribution in [2.24, 2.45) is 0 Å². The van der Waals surface area contributed by atoms with E-state index in [-0.39, 0.29) is 21.6 Å². The normalized spacial score (nSPS) is 11.5. The largest absolute Gasteiger partial charge is 0.324 e. The van der Waals surface area contributed by atoms with Gasteiger partial charge in [-0.1, -0.05) is 22.9 Å². The van der Waals surface area contributed by atoms with Gasteiger partial charge in [0.25, 0.3) is 0 Å². The molecule has 0 amide bonds. The van der Waals surface area contributed by atoms with Crippen LogP contribution in [0, 0.1) is 10.1 Å². The van der Waals surface area contributed by atoms with Gasteiger partial charge in [0, 0.05) is 23.0 Å². The van der Waals surface area contributed by atoms with E-state index >= 15 is 0 Å². The van der Waals surface area contributed by atoms with Crippen LogP contribution in [0.25, 0.3) is 11.0 Å². The maximum atomic E-state index is 12.2. The summed E-state index contributed by atoms with van der Waals surface area (Å²) in [6.45, 7) is 0. The second-order valence-corrected chi connectivity index (χ2v) is 6.10. The number of ketones is 1. The zero-order valence-corrected chi connectivity index (χ0v) is 12.6. The number of carbonyl (C=O) groups is 1. The summed E-state index contributed by atoms with van der Waals surface area (Å²) in [5.41, 5.74) is 0.885. The van der Waals surface area contributed by atoms with Gasteiger partial charge in [-0.3, -0.25) is 19.3 Å². The number of nitro groups is 1. The first-order valence-corrected chi connectivity index (χ1v) is 7.76. The van der Waals surface area contributed by atoms with Crippen molar-refractivity contribution in [2.75, 3.05) is 0 Å². The van der Waals surface area contributed by atoms with Crippen LogP contribution in [0.15, 0.2) is 29.1 Å². The van der Waals surface area contributed by atoms with Crippen LogP contribution >= 0.6 is 34.3 Å². The first-order valence-electron chi connectivity index (χ1n) is 5.62. The monoisotopic (exact) mass is 339 g/mol. The number of rotatable bonds is 4. The smallest absolute Gasteiger partial charge is 0.287 e. The third-order valence-corrected chi connectivity index (χ3v) is 4.58. The Labute approximate surface area is 131 Å². The molecule has 9 heteroatoms. The minimum atomic E-state index is -0.466. The molecule has 0 aromatic carbocycles. The number of hydrogen-bond acceptors (Lipinski definition) is 6. The number of halogens is 1. The van der Waals surface area contributed by atoms with E-state index in [9.17, 15) is 14.9 Å². The van der Waals surface area contributed by atoms with E-state index in [2.05, 4.69) is 4.98 Å². The molecule has 3 rings (SSSR count). The molecule has 0 N–H and O–H groups in total. The Hall–Kier alpha value is -2.03. The zero-order valence-electron chi connectivity index (χ0n) is 10.2. The van der Waals surface area contributed by atoms with Crippen molar-refractivity contribution in [2.45, 2.75) is 0 Å². The molecule has 0 unspecified atom stereocenters. The van der Waals surface area contributed by atoms with Gasteiger partial charge >= 0.3 is 5.00 Å². The van der Waals surface area contributed by atoms with E-state index in [1.807, 2.05) is 0 Å². The quantitative estimate of drug-likeness (QED) is 0.312. The molecule has 6 nitrogen and oxygen atoms in total. The number of carbonyl (C=O) groups excluding carboxylic acids is 1. The van der Waals surface area contributed by atoms with Crippen LogP contribution in [0.4, 0.5) is 5.00 Å². The Kier molecular flexibility index (Phi) is 3.58. The van der Waals surface area contributed by atoms with Crippen LogP contribution in [0.3, 0.4) is 0 Å². The molecule has 0 bridgehead atoms. The molecule has 21 heavy (non-hydrogen) atoms. The molecule has 3 heterocycles. The summed E-state index contributed by atoms with van der Waals surface area (Å²) in [5, 5.41) is 14.2. The number of imidazole rings is 1. The number of thiazole rings is 1. The lowest BCUT2D eigenvalue weighted by molar-refractivity contribution is -0.380. The Bertz CT molecular complexity index is 877. The Balaban J connectivity index is 1.88. The van der Waals surface area contributed by atoms with E-state index in [0.29, 0.717) is 10.5 Å². The van der Waals surface area contributed by atoms with E-state index in [1.54, 1.807) is 21.4 Å². The van der Waals surface area contributed by atoms with E-state index in [4.69, 9.17) is 11.6 Å². The van der Waals surface area contributed by atoms with Gasteiger partial charge in [-0.15, -0.1) is 11.3 Å². The van der Waals surface area contributed by atoms with Gasteiger partial charge in [-0.2, -0.15) is 0 Å². The molecular formula is C12H6ClN3O3S2. The Morgan fingerprint density at radius 2 is 2.29 bits per heavy atom. The molecule has 0 saturated heterocycles. The maximum Gasteiger partial charge on any atom is 0.324 e. The van der Waals surface area contributed by atoms with Gasteiger partial charge < -0.3 is 0 Å². The lowest BCUT2D eigenvalue weighted by Crippen LogP contribution is -1.99. The number of thiophene rings is 1. The first kappa shape index (κ1) is 13.9. The highest BCUT2D eigenvalue weighted by atomic mass is 35.5. The fraction of sp³-hybridized carbons (Fsp3) is 0. The molecule has 0 spiro atoms. The molecule has 0 aliphatic carbocycles. The van der Waals surface area contributed by atoms with Crippen LogP contribution in [0.5, 0.6) is 0 Å². The zero-order chi connectivity index (χ0) is 15.0. The van der Waals surface area contributed by atoms with Gasteiger partial charge in [-0.05, 0) is 17.7 Å². The summed E-state index contributed by atoms with van der Waals surface area (Å²) in [4.78, 5) is 27.0. The van der Waals surface area contributed by atoms with E-state index in [1.165, 1.54) is 29.6 Å². The molecule has 0 saturated carbocycles. The van der Waals surface area contributed by atoms with Crippen LogP contribution < -0.4 is 0 Å². The van der Waals surface area contributed by atoms with Crippen LogP contribution in [-0.4, -0.2) is 20.1 Å². The summed E-state index contributed by atoms with van der Waals surface area (Å²) in [7, 11) is 0. The highest BCUT2D eigenvalue weighted by molar-refractivity contribution is 7.15. The van der Waals surface area contributed by atoms with Gasteiger partial charge in [-0.25, -0.2) is 4.98 Å². The average Bonchev–Trinajstić information content (AvgIpc) is 3.10. The van der Waals surface area contributed by atoms with Crippen molar-refractivity contribution >= 4 is 56.1 Å². The lowest BCUT2D eigenvalue weighted by atomic mass is 10.2. The molecular weight excluding hydrogens is 334 g/mol. The molecule has 106 valence electrons. The number of allylic oxidation sites excluding steroid dienone is 1. The van der Waals surface area contributed by atoms with Crippen molar-refractivity contribution in [3.8, 4) is 0 Å². The third-order valence-electron chi connectivity index (χ3n) is 2.67. The van der Waals surface area contributed by atoms with Gasteiger partial charge in [0.15, 0.2) is 10.1 Å². The SMILES string of the molecule is O=C(/C=C/c1csc([N+](=O)[O-])c1)c1c(Cl)nc2sccn12. The minimum Gasteiger partial charge on any atom is -0.287 e. The maximum absolute atomic E-state index is 12.2. The fourth-order valence-corrected chi connectivity index (χ4v) is 3.47. The summed E-state index contributed by atoms with van der Waals surface area (Å²) in [6, 6.07) is 1.41. The van der Waals surface area contributed by atoms with Crippen molar-refractivity contribution in [3.63, 3.8) is 0 Å². The lowest BCUT2D eigenvalue weighted by Gasteiger charge is -1.93. The van der Waals surface area contributed by atoms with Crippen molar-refractivity contribution in [3.05, 3.63) is 55.6 Å². The summed E-state index contributed by atoms with van der Waals surface area (Å²) < 4.78 is 1.62. The number of hydrogen-bond donors (Lipinski definition) is 0. The highest BCUT2D eigenvalue weighted by Gasteiger charge is 2.16. The van der Waals surface area contributed by atoms with Crippen LogP contribution in [0.1, 0.15) is 16.1 Å². The summed E-state index contributed by atoms with van der Waals surface area (Å²) in [5.74, 6) is -0.306. The minimum absolute atomic E-state index is 0.0321. The van der Waals surface area contributed by atoms with Gasteiger partial charge in [0.1, 0.15) is 5.69 Å².